The maximum absolute atomic E-state index is 12.5. The molecule has 0 aliphatic carbocycles. The van der Waals surface area contributed by atoms with E-state index in [1.54, 1.807) is 37.4 Å². The third-order valence-corrected chi connectivity index (χ3v) is 4.08. The van der Waals surface area contributed by atoms with Crippen molar-refractivity contribution < 1.29 is 28.2 Å². The van der Waals surface area contributed by atoms with Crippen LogP contribution in [0.5, 0.6) is 5.75 Å². The van der Waals surface area contributed by atoms with E-state index >= 15 is 0 Å². The van der Waals surface area contributed by atoms with Gasteiger partial charge in [0.1, 0.15) is 11.3 Å². The van der Waals surface area contributed by atoms with E-state index in [4.69, 9.17) is 18.6 Å². The van der Waals surface area contributed by atoms with Crippen molar-refractivity contribution in [3.63, 3.8) is 0 Å². The molecule has 6 heteroatoms. The zero-order valence-corrected chi connectivity index (χ0v) is 15.2. The van der Waals surface area contributed by atoms with Gasteiger partial charge < -0.3 is 18.6 Å². The molecule has 0 aliphatic heterocycles. The molecule has 0 spiro atoms. The fourth-order valence-corrected chi connectivity index (χ4v) is 2.67. The summed E-state index contributed by atoms with van der Waals surface area (Å²) in [6.07, 6.45) is 0. The molecule has 0 fully saturated rings. The molecule has 140 valence electrons. The van der Waals surface area contributed by atoms with Gasteiger partial charge in [-0.3, -0.25) is 4.79 Å². The molecule has 0 unspecified atom stereocenters. The summed E-state index contributed by atoms with van der Waals surface area (Å²) >= 11 is 0. The molecular formula is C21H20O6. The van der Waals surface area contributed by atoms with Gasteiger partial charge >= 0.3 is 5.97 Å². The molecule has 0 aliphatic rings. The van der Waals surface area contributed by atoms with E-state index in [1.165, 1.54) is 0 Å². The van der Waals surface area contributed by atoms with Crippen molar-refractivity contribution in [2.24, 2.45) is 0 Å². The highest BCUT2D eigenvalue weighted by atomic mass is 16.5. The van der Waals surface area contributed by atoms with Crippen LogP contribution in [0.15, 0.2) is 52.9 Å². The predicted molar refractivity (Wildman–Crippen MR) is 99.2 cm³/mol. The normalized spacial score (nSPS) is 10.7. The van der Waals surface area contributed by atoms with E-state index in [2.05, 4.69) is 0 Å². The van der Waals surface area contributed by atoms with Crippen molar-refractivity contribution in [3.05, 3.63) is 65.4 Å². The highest BCUT2D eigenvalue weighted by Crippen LogP contribution is 2.27. The fraction of sp³-hybridized carbons (Fsp3) is 0.238. The Morgan fingerprint density at radius 2 is 1.78 bits per heavy atom. The van der Waals surface area contributed by atoms with Gasteiger partial charge in [0.25, 0.3) is 0 Å². The molecule has 0 atom stereocenters. The number of ether oxygens (including phenoxy) is 3. The largest absolute Gasteiger partial charge is 0.497 e. The summed E-state index contributed by atoms with van der Waals surface area (Å²) in [6.45, 7) is 2.22. The van der Waals surface area contributed by atoms with E-state index in [-0.39, 0.29) is 24.8 Å². The van der Waals surface area contributed by atoms with Gasteiger partial charge in [-0.25, -0.2) is 4.79 Å². The molecule has 0 bridgehead atoms. The number of para-hydroxylation sites is 1. The molecule has 2 aromatic carbocycles. The van der Waals surface area contributed by atoms with Crippen molar-refractivity contribution in [1.82, 2.24) is 0 Å². The van der Waals surface area contributed by atoms with E-state index in [0.29, 0.717) is 29.1 Å². The number of hydrogen-bond donors (Lipinski definition) is 0. The number of ketones is 1. The van der Waals surface area contributed by atoms with E-state index in [1.807, 2.05) is 25.1 Å². The number of esters is 1. The Bertz CT molecular complexity index is 939. The van der Waals surface area contributed by atoms with Crippen LogP contribution in [0.25, 0.3) is 11.0 Å². The average Bonchev–Trinajstić information content (AvgIpc) is 3.09. The lowest BCUT2D eigenvalue weighted by Gasteiger charge is -2.06. The van der Waals surface area contributed by atoms with Gasteiger partial charge in [0.2, 0.25) is 5.76 Å². The quantitative estimate of drug-likeness (QED) is 0.442. The van der Waals surface area contributed by atoms with Gasteiger partial charge in [-0.1, -0.05) is 18.2 Å². The highest BCUT2D eigenvalue weighted by molar-refractivity contribution is 6.00. The minimum atomic E-state index is -0.692. The summed E-state index contributed by atoms with van der Waals surface area (Å²) in [4.78, 5) is 24.7. The maximum Gasteiger partial charge on any atom is 0.375 e. The van der Waals surface area contributed by atoms with Crippen LogP contribution in [0.2, 0.25) is 0 Å². The first-order valence-electron chi connectivity index (χ1n) is 8.56. The molecule has 6 nitrogen and oxygen atoms in total. The Morgan fingerprint density at radius 3 is 2.48 bits per heavy atom. The number of rotatable bonds is 8. The van der Waals surface area contributed by atoms with Crippen molar-refractivity contribution in [1.29, 1.82) is 0 Å². The second-order valence-corrected chi connectivity index (χ2v) is 5.77. The van der Waals surface area contributed by atoms with Crippen LogP contribution >= 0.6 is 0 Å². The highest BCUT2D eigenvalue weighted by Gasteiger charge is 2.22. The zero-order chi connectivity index (χ0) is 19.2. The number of hydrogen-bond acceptors (Lipinski definition) is 6. The Kier molecular flexibility index (Phi) is 5.88. The summed E-state index contributed by atoms with van der Waals surface area (Å²) in [7, 11) is 1.55. The maximum atomic E-state index is 12.5. The molecule has 1 aromatic heterocycles. The third kappa shape index (κ3) is 4.17. The molecule has 0 N–H and O–H groups in total. The van der Waals surface area contributed by atoms with E-state index < -0.39 is 5.97 Å². The topological polar surface area (TPSA) is 75.0 Å². The predicted octanol–water partition coefficient (Wildman–Crippen LogP) is 4.02. The van der Waals surface area contributed by atoms with Crippen molar-refractivity contribution in [2.75, 3.05) is 20.3 Å². The van der Waals surface area contributed by atoms with Crippen molar-refractivity contribution >= 4 is 22.7 Å². The molecule has 0 saturated carbocycles. The molecule has 0 saturated heterocycles. The van der Waals surface area contributed by atoms with Gasteiger partial charge in [0, 0.05) is 23.1 Å². The minimum Gasteiger partial charge on any atom is -0.497 e. The second kappa shape index (κ2) is 8.51. The summed E-state index contributed by atoms with van der Waals surface area (Å²) in [5.74, 6) is -0.296. The number of fused-ring (bicyclic) bond motifs is 1. The van der Waals surface area contributed by atoms with Crippen LogP contribution in [-0.2, 0) is 16.1 Å². The monoisotopic (exact) mass is 368 g/mol. The Balaban J connectivity index is 1.74. The van der Waals surface area contributed by atoms with Gasteiger partial charge in [-0.05, 0) is 37.3 Å². The zero-order valence-electron chi connectivity index (χ0n) is 15.2. The van der Waals surface area contributed by atoms with Crippen LogP contribution in [0.1, 0.15) is 33.4 Å². The van der Waals surface area contributed by atoms with Gasteiger partial charge in [0.15, 0.2) is 12.4 Å². The molecule has 0 radical (unpaired) electrons. The number of benzene rings is 2. The first-order chi connectivity index (χ1) is 13.1. The lowest BCUT2D eigenvalue weighted by molar-refractivity contribution is 0.0439. The number of furan rings is 1. The van der Waals surface area contributed by atoms with Crippen LogP contribution in [-0.4, -0.2) is 32.1 Å². The van der Waals surface area contributed by atoms with Crippen LogP contribution in [0, 0.1) is 0 Å². The average molecular weight is 368 g/mol. The Morgan fingerprint density at radius 1 is 1.04 bits per heavy atom. The first-order valence-corrected chi connectivity index (χ1v) is 8.56. The summed E-state index contributed by atoms with van der Waals surface area (Å²) in [5.41, 5.74) is 1.62. The molecule has 0 amide bonds. The van der Waals surface area contributed by atoms with Crippen LogP contribution < -0.4 is 4.74 Å². The van der Waals surface area contributed by atoms with E-state index in [0.717, 1.165) is 5.39 Å². The molecular weight excluding hydrogens is 348 g/mol. The molecule has 3 rings (SSSR count). The Labute approximate surface area is 156 Å². The third-order valence-electron chi connectivity index (χ3n) is 4.08. The lowest BCUT2D eigenvalue weighted by Crippen LogP contribution is -2.15. The standard InChI is InChI=1S/C21H20O6/c1-3-25-12-17-16-6-4-5-7-19(16)27-20(17)21(23)26-13-18(22)14-8-10-15(24-2)11-9-14/h4-11H,3,12-13H2,1-2H3. The number of carbonyl (C=O) groups is 2. The van der Waals surface area contributed by atoms with Crippen LogP contribution in [0.3, 0.4) is 0 Å². The van der Waals surface area contributed by atoms with Crippen molar-refractivity contribution in [3.8, 4) is 5.75 Å². The van der Waals surface area contributed by atoms with Crippen molar-refractivity contribution in [2.45, 2.75) is 13.5 Å². The molecule has 1 heterocycles. The number of carbonyl (C=O) groups excluding carboxylic acids is 2. The smallest absolute Gasteiger partial charge is 0.375 e. The second-order valence-electron chi connectivity index (χ2n) is 5.77. The number of methoxy groups -OCH3 is 1. The fourth-order valence-electron chi connectivity index (χ4n) is 2.67. The van der Waals surface area contributed by atoms with E-state index in [9.17, 15) is 9.59 Å². The first kappa shape index (κ1) is 18.7. The van der Waals surface area contributed by atoms with Gasteiger partial charge in [-0.2, -0.15) is 0 Å². The number of Topliss-reactive ketones (excluding diaryl/α,β-unsaturated/α-hetero) is 1. The van der Waals surface area contributed by atoms with Gasteiger partial charge in [-0.15, -0.1) is 0 Å². The summed E-state index contributed by atoms with van der Waals surface area (Å²) < 4.78 is 21.3. The van der Waals surface area contributed by atoms with Gasteiger partial charge in [0.05, 0.1) is 13.7 Å². The van der Waals surface area contributed by atoms with Crippen LogP contribution in [0.4, 0.5) is 0 Å². The SMILES string of the molecule is CCOCc1c(C(=O)OCC(=O)c2ccc(OC)cc2)oc2ccccc12. The molecule has 27 heavy (non-hydrogen) atoms. The lowest BCUT2D eigenvalue weighted by atomic mass is 10.1. The molecule has 3 aromatic rings. The minimum absolute atomic E-state index is 0.0622. The Hall–Kier alpha value is -3.12. The summed E-state index contributed by atoms with van der Waals surface area (Å²) in [5, 5.41) is 0.791. The summed E-state index contributed by atoms with van der Waals surface area (Å²) in [6, 6.07) is 13.9.